The summed E-state index contributed by atoms with van der Waals surface area (Å²) >= 11 is 3.19. The summed E-state index contributed by atoms with van der Waals surface area (Å²) in [6, 6.07) is 18.4. The molecule has 0 saturated carbocycles. The first-order valence-electron chi connectivity index (χ1n) is 11.1. The van der Waals surface area contributed by atoms with E-state index >= 15 is 0 Å². The monoisotopic (exact) mass is 478 g/mol. The second-order valence-electron chi connectivity index (χ2n) is 8.43. The summed E-state index contributed by atoms with van der Waals surface area (Å²) in [6.07, 6.45) is 3.12. The Kier molecular flexibility index (Phi) is 6.48. The molecule has 0 spiro atoms. The van der Waals surface area contributed by atoms with E-state index in [4.69, 9.17) is 0 Å². The molecule has 1 saturated heterocycles. The van der Waals surface area contributed by atoms with Crippen LogP contribution in [0.3, 0.4) is 0 Å². The van der Waals surface area contributed by atoms with E-state index in [1.807, 2.05) is 36.6 Å². The van der Waals surface area contributed by atoms with Crippen molar-refractivity contribution in [2.45, 2.75) is 30.8 Å². The van der Waals surface area contributed by atoms with E-state index in [0.29, 0.717) is 11.7 Å². The van der Waals surface area contributed by atoms with E-state index in [1.54, 1.807) is 28.0 Å². The number of aromatic nitrogens is 1. The van der Waals surface area contributed by atoms with Gasteiger partial charge in [-0.25, -0.2) is 4.98 Å². The molecule has 8 heteroatoms. The molecule has 5 rings (SSSR count). The summed E-state index contributed by atoms with van der Waals surface area (Å²) in [5, 5.41) is 3.63. The van der Waals surface area contributed by atoms with Crippen molar-refractivity contribution in [2.24, 2.45) is 5.92 Å². The van der Waals surface area contributed by atoms with Gasteiger partial charge in [-0.05, 0) is 30.0 Å². The van der Waals surface area contributed by atoms with Gasteiger partial charge in [0.1, 0.15) is 0 Å². The van der Waals surface area contributed by atoms with Crippen molar-refractivity contribution < 1.29 is 9.59 Å². The van der Waals surface area contributed by atoms with Crippen LogP contribution in [0.1, 0.15) is 22.6 Å². The summed E-state index contributed by atoms with van der Waals surface area (Å²) in [5.41, 5.74) is 3.24. The van der Waals surface area contributed by atoms with Crippen LogP contribution in [0.5, 0.6) is 0 Å². The van der Waals surface area contributed by atoms with Gasteiger partial charge in [-0.2, -0.15) is 0 Å². The zero-order valence-electron chi connectivity index (χ0n) is 18.5. The van der Waals surface area contributed by atoms with Crippen LogP contribution in [0.2, 0.25) is 0 Å². The Balaban J connectivity index is 1.21. The Labute approximate surface area is 202 Å². The fourth-order valence-electron chi connectivity index (χ4n) is 4.40. The Morgan fingerprint density at radius 3 is 2.88 bits per heavy atom. The third kappa shape index (κ3) is 4.98. The summed E-state index contributed by atoms with van der Waals surface area (Å²) < 4.78 is 0. The van der Waals surface area contributed by atoms with Crippen molar-refractivity contribution in [1.82, 2.24) is 9.88 Å². The SMILES string of the molecule is CSc1cccc(N2CC(C(=O)Nc3nc4c(s3)CN(Cc3ccccc3)CC4)CC2=O)c1. The Bertz CT molecular complexity index is 1160. The number of hydrogen-bond donors (Lipinski definition) is 1. The third-order valence-electron chi connectivity index (χ3n) is 6.15. The van der Waals surface area contributed by atoms with Crippen molar-refractivity contribution in [2.75, 3.05) is 29.6 Å². The number of anilines is 2. The second kappa shape index (κ2) is 9.67. The number of thioether (sulfide) groups is 1. The molecule has 33 heavy (non-hydrogen) atoms. The van der Waals surface area contributed by atoms with Gasteiger partial charge in [0.15, 0.2) is 5.13 Å². The predicted octanol–water partition coefficient (Wildman–Crippen LogP) is 4.41. The van der Waals surface area contributed by atoms with Crippen molar-refractivity contribution in [3.05, 3.63) is 70.7 Å². The first-order chi connectivity index (χ1) is 16.1. The molecule has 1 aromatic heterocycles. The van der Waals surface area contributed by atoms with Gasteiger partial charge in [0, 0.05) is 54.5 Å². The van der Waals surface area contributed by atoms with Crippen molar-refractivity contribution in [3.63, 3.8) is 0 Å². The van der Waals surface area contributed by atoms with Gasteiger partial charge in [-0.15, -0.1) is 23.1 Å². The van der Waals surface area contributed by atoms with Crippen molar-refractivity contribution in [1.29, 1.82) is 0 Å². The maximum atomic E-state index is 12.9. The molecule has 0 aliphatic carbocycles. The van der Waals surface area contributed by atoms with E-state index < -0.39 is 0 Å². The third-order valence-corrected chi connectivity index (χ3v) is 7.87. The van der Waals surface area contributed by atoms with Gasteiger partial charge >= 0.3 is 0 Å². The Hall–Kier alpha value is -2.68. The topological polar surface area (TPSA) is 65.5 Å². The largest absolute Gasteiger partial charge is 0.312 e. The highest BCUT2D eigenvalue weighted by Crippen LogP contribution is 2.31. The molecule has 1 N–H and O–H groups in total. The fraction of sp³-hybridized carbons (Fsp3) is 0.320. The molecule has 1 fully saturated rings. The van der Waals surface area contributed by atoms with E-state index in [2.05, 4.69) is 39.5 Å². The van der Waals surface area contributed by atoms with E-state index in [9.17, 15) is 9.59 Å². The molecule has 1 unspecified atom stereocenters. The van der Waals surface area contributed by atoms with Crippen LogP contribution in [0.25, 0.3) is 0 Å². The van der Waals surface area contributed by atoms with Gasteiger partial charge in [0.05, 0.1) is 11.6 Å². The number of hydrogen-bond acceptors (Lipinski definition) is 6. The highest BCUT2D eigenvalue weighted by Gasteiger charge is 2.35. The minimum Gasteiger partial charge on any atom is -0.312 e. The Morgan fingerprint density at radius 1 is 1.21 bits per heavy atom. The van der Waals surface area contributed by atoms with Gasteiger partial charge in [-0.1, -0.05) is 36.4 Å². The van der Waals surface area contributed by atoms with Crippen LogP contribution in [0, 0.1) is 5.92 Å². The number of fused-ring (bicyclic) bond motifs is 1. The molecule has 170 valence electrons. The molecule has 2 aliphatic heterocycles. The van der Waals surface area contributed by atoms with E-state index in [1.165, 1.54) is 10.4 Å². The minimum atomic E-state index is -0.369. The Morgan fingerprint density at radius 2 is 2.06 bits per heavy atom. The maximum absolute atomic E-state index is 12.9. The smallest absolute Gasteiger partial charge is 0.231 e. The molecule has 0 bridgehead atoms. The summed E-state index contributed by atoms with van der Waals surface area (Å²) in [7, 11) is 0. The summed E-state index contributed by atoms with van der Waals surface area (Å²) in [6.45, 7) is 3.12. The summed E-state index contributed by atoms with van der Waals surface area (Å²) in [4.78, 5) is 36.7. The molecular formula is C25H26N4O2S2. The lowest BCUT2D eigenvalue weighted by Crippen LogP contribution is -2.29. The number of carbonyl (C=O) groups is 2. The van der Waals surface area contributed by atoms with Gasteiger partial charge in [0.2, 0.25) is 11.8 Å². The lowest BCUT2D eigenvalue weighted by molar-refractivity contribution is -0.122. The van der Waals surface area contributed by atoms with Crippen LogP contribution in [-0.2, 0) is 29.1 Å². The van der Waals surface area contributed by atoms with Gasteiger partial charge in [0.25, 0.3) is 0 Å². The molecule has 2 amide bonds. The number of benzene rings is 2. The zero-order valence-corrected chi connectivity index (χ0v) is 20.1. The van der Waals surface area contributed by atoms with Crippen LogP contribution in [0.4, 0.5) is 10.8 Å². The first kappa shape index (κ1) is 22.1. The van der Waals surface area contributed by atoms with Crippen molar-refractivity contribution in [3.8, 4) is 0 Å². The average Bonchev–Trinajstić information content (AvgIpc) is 3.42. The van der Waals surface area contributed by atoms with Gasteiger partial charge in [-0.3, -0.25) is 14.5 Å². The fourth-order valence-corrected chi connectivity index (χ4v) is 5.90. The molecule has 2 aliphatic rings. The predicted molar refractivity (Wildman–Crippen MR) is 134 cm³/mol. The number of nitrogens with one attached hydrogen (secondary N) is 1. The maximum Gasteiger partial charge on any atom is 0.231 e. The summed E-state index contributed by atoms with van der Waals surface area (Å²) in [5.74, 6) is -0.506. The highest BCUT2D eigenvalue weighted by molar-refractivity contribution is 7.98. The number of amides is 2. The zero-order chi connectivity index (χ0) is 22.8. The standard InChI is InChI=1S/C25H26N4O2S2/c1-32-20-9-5-8-19(13-20)29-15-18(12-23(29)30)24(31)27-25-26-21-10-11-28(16-22(21)33-25)14-17-6-3-2-4-7-17/h2-9,13,18H,10-12,14-16H2,1H3,(H,26,27,31). The van der Waals surface area contributed by atoms with Crippen molar-refractivity contribution >= 4 is 45.7 Å². The van der Waals surface area contributed by atoms with Crippen LogP contribution in [-0.4, -0.2) is 41.0 Å². The van der Waals surface area contributed by atoms with E-state index in [0.717, 1.165) is 42.3 Å². The first-order valence-corrected chi connectivity index (χ1v) is 13.1. The molecule has 6 nitrogen and oxygen atoms in total. The van der Waals surface area contributed by atoms with Gasteiger partial charge < -0.3 is 10.2 Å². The lowest BCUT2D eigenvalue weighted by atomic mass is 10.1. The quantitative estimate of drug-likeness (QED) is 0.532. The molecule has 1 atom stereocenters. The average molecular weight is 479 g/mol. The molecule has 2 aromatic carbocycles. The molecule has 3 aromatic rings. The van der Waals surface area contributed by atoms with E-state index in [-0.39, 0.29) is 24.2 Å². The molecular weight excluding hydrogens is 452 g/mol. The van der Waals surface area contributed by atoms with Crippen LogP contribution in [0.15, 0.2) is 59.5 Å². The highest BCUT2D eigenvalue weighted by atomic mass is 32.2. The molecule has 0 radical (unpaired) electrons. The minimum absolute atomic E-state index is 0.0107. The van der Waals surface area contributed by atoms with Crippen LogP contribution < -0.4 is 10.2 Å². The number of thiazole rings is 1. The lowest BCUT2D eigenvalue weighted by Gasteiger charge is -2.25. The van der Waals surface area contributed by atoms with Crippen LogP contribution >= 0.6 is 23.1 Å². The normalized spacial score (nSPS) is 18.4. The second-order valence-corrected chi connectivity index (χ2v) is 10.4. The molecule has 3 heterocycles. The number of rotatable bonds is 6. The number of carbonyl (C=O) groups excluding carboxylic acids is 2. The number of nitrogens with zero attached hydrogens (tertiary/aromatic N) is 3.